The molecule has 2 aromatic carbocycles. The third-order valence-electron chi connectivity index (χ3n) is 4.43. The topological polar surface area (TPSA) is 85.1 Å². The molecule has 0 saturated heterocycles. The molecule has 0 fully saturated rings. The minimum absolute atomic E-state index is 0.00599. The molecule has 0 atom stereocenters. The summed E-state index contributed by atoms with van der Waals surface area (Å²) >= 11 is 1.38. The van der Waals surface area contributed by atoms with Gasteiger partial charge in [0.15, 0.2) is 0 Å². The number of hydrogen-bond donors (Lipinski definition) is 1. The van der Waals surface area contributed by atoms with E-state index in [2.05, 4.69) is 30.4 Å². The lowest BCUT2D eigenvalue weighted by Crippen LogP contribution is -2.15. The number of nitro benzene ring substituents is 1. The van der Waals surface area contributed by atoms with Crippen molar-refractivity contribution in [3.05, 3.63) is 68.8 Å². The smallest absolute Gasteiger partial charge is 0.269 e. The first-order valence-corrected chi connectivity index (χ1v) is 9.79. The van der Waals surface area contributed by atoms with Crippen LogP contribution in [-0.4, -0.2) is 21.6 Å². The molecule has 0 aliphatic carbocycles. The van der Waals surface area contributed by atoms with Gasteiger partial charge in [0.1, 0.15) is 5.03 Å². The van der Waals surface area contributed by atoms with E-state index in [9.17, 15) is 14.9 Å². The van der Waals surface area contributed by atoms with Crippen LogP contribution in [0.1, 0.15) is 22.3 Å². The Bertz CT molecular complexity index is 1100. The Hall–Kier alpha value is -2.93. The van der Waals surface area contributed by atoms with E-state index in [0.717, 1.165) is 27.1 Å². The molecule has 1 amide bonds. The summed E-state index contributed by atoms with van der Waals surface area (Å²) in [6.07, 6.45) is 0. The van der Waals surface area contributed by atoms with Crippen LogP contribution in [0.3, 0.4) is 0 Å². The minimum atomic E-state index is -0.452. The number of nitrogens with one attached hydrogen (secondary N) is 1. The molecule has 0 unspecified atom stereocenters. The number of non-ortho nitro benzene ring substituents is 1. The van der Waals surface area contributed by atoms with Gasteiger partial charge < -0.3 is 5.32 Å². The van der Waals surface area contributed by atoms with E-state index < -0.39 is 4.92 Å². The summed E-state index contributed by atoms with van der Waals surface area (Å²) in [6, 6.07) is 10.7. The first-order chi connectivity index (χ1) is 13.2. The van der Waals surface area contributed by atoms with Gasteiger partial charge in [-0.1, -0.05) is 23.4 Å². The van der Waals surface area contributed by atoms with E-state index in [1.54, 1.807) is 13.0 Å². The van der Waals surface area contributed by atoms with E-state index in [1.165, 1.54) is 29.5 Å². The molecule has 0 radical (unpaired) electrons. The number of thioether (sulfide) groups is 1. The van der Waals surface area contributed by atoms with Crippen molar-refractivity contribution in [2.75, 3.05) is 11.1 Å². The van der Waals surface area contributed by atoms with Gasteiger partial charge in [0, 0.05) is 23.2 Å². The molecule has 1 N–H and O–H groups in total. The zero-order valence-electron chi connectivity index (χ0n) is 16.2. The lowest BCUT2D eigenvalue weighted by molar-refractivity contribution is -0.384. The van der Waals surface area contributed by atoms with Crippen LogP contribution >= 0.6 is 11.8 Å². The van der Waals surface area contributed by atoms with Crippen molar-refractivity contribution >= 4 is 39.9 Å². The highest BCUT2D eigenvalue weighted by molar-refractivity contribution is 8.00. The Morgan fingerprint density at radius 2 is 1.82 bits per heavy atom. The molecule has 1 heterocycles. The quantitative estimate of drug-likeness (QED) is 0.369. The van der Waals surface area contributed by atoms with Gasteiger partial charge in [-0.05, 0) is 62.6 Å². The third kappa shape index (κ3) is 4.31. The van der Waals surface area contributed by atoms with E-state index >= 15 is 0 Å². The maximum absolute atomic E-state index is 12.3. The van der Waals surface area contributed by atoms with Gasteiger partial charge in [-0.25, -0.2) is 4.98 Å². The van der Waals surface area contributed by atoms with Crippen LogP contribution < -0.4 is 5.32 Å². The molecule has 144 valence electrons. The molecule has 0 spiro atoms. The van der Waals surface area contributed by atoms with Gasteiger partial charge in [0.05, 0.1) is 16.2 Å². The molecule has 28 heavy (non-hydrogen) atoms. The van der Waals surface area contributed by atoms with Crippen LogP contribution in [0.5, 0.6) is 0 Å². The van der Waals surface area contributed by atoms with Crippen LogP contribution in [-0.2, 0) is 4.79 Å². The highest BCUT2D eigenvalue weighted by Crippen LogP contribution is 2.27. The monoisotopic (exact) mass is 395 g/mol. The number of aryl methyl sites for hydroxylation is 4. The molecule has 0 aliphatic rings. The predicted molar refractivity (Wildman–Crippen MR) is 113 cm³/mol. The minimum Gasteiger partial charge on any atom is -0.325 e. The second kappa shape index (κ2) is 7.98. The van der Waals surface area contributed by atoms with Gasteiger partial charge in [-0.3, -0.25) is 14.9 Å². The Balaban J connectivity index is 1.72. The van der Waals surface area contributed by atoms with Gasteiger partial charge in [-0.15, -0.1) is 0 Å². The molecule has 0 aliphatic heterocycles. The van der Waals surface area contributed by atoms with Crippen LogP contribution in [0.25, 0.3) is 10.9 Å². The number of aromatic nitrogens is 1. The molecule has 3 aromatic rings. The average Bonchev–Trinajstić information content (AvgIpc) is 2.61. The number of hydrogen-bond acceptors (Lipinski definition) is 5. The van der Waals surface area contributed by atoms with E-state index in [4.69, 9.17) is 4.98 Å². The summed E-state index contributed by atoms with van der Waals surface area (Å²) in [5.74, 6) is 0.0320. The number of rotatable bonds is 5. The standard InChI is InChI=1S/C21H21N3O3S/c1-12-7-14(3)20-16(8-12)9-15(4)21(23-20)28-11-19(25)22-18-6-5-17(24(26)27)10-13(18)2/h5-10H,11H2,1-4H3,(H,22,25). The van der Waals surface area contributed by atoms with Crippen LogP contribution in [0.4, 0.5) is 11.4 Å². The van der Waals surface area contributed by atoms with Gasteiger partial charge in [-0.2, -0.15) is 0 Å². The van der Waals surface area contributed by atoms with E-state index in [0.29, 0.717) is 11.3 Å². The molecule has 6 nitrogen and oxygen atoms in total. The molecule has 3 rings (SSSR count). The summed E-state index contributed by atoms with van der Waals surface area (Å²) in [5.41, 5.74) is 5.52. The summed E-state index contributed by atoms with van der Waals surface area (Å²) in [7, 11) is 0. The maximum atomic E-state index is 12.3. The van der Waals surface area contributed by atoms with Crippen molar-refractivity contribution in [1.29, 1.82) is 0 Å². The fourth-order valence-electron chi connectivity index (χ4n) is 3.11. The van der Waals surface area contributed by atoms with Gasteiger partial charge in [0.25, 0.3) is 5.69 Å². The van der Waals surface area contributed by atoms with Crippen LogP contribution in [0, 0.1) is 37.8 Å². The van der Waals surface area contributed by atoms with Gasteiger partial charge in [0.2, 0.25) is 5.91 Å². The number of carbonyl (C=O) groups is 1. The largest absolute Gasteiger partial charge is 0.325 e. The summed E-state index contributed by atoms with van der Waals surface area (Å²) < 4.78 is 0. The van der Waals surface area contributed by atoms with Gasteiger partial charge >= 0.3 is 0 Å². The third-order valence-corrected chi connectivity index (χ3v) is 5.53. The Kier molecular flexibility index (Phi) is 5.65. The van der Waals surface area contributed by atoms with Crippen molar-refractivity contribution in [2.45, 2.75) is 32.7 Å². The average molecular weight is 395 g/mol. The molecule has 7 heteroatoms. The Labute approximate surface area is 167 Å². The Morgan fingerprint density at radius 1 is 1.07 bits per heavy atom. The first-order valence-electron chi connectivity index (χ1n) is 8.81. The Morgan fingerprint density at radius 3 is 2.50 bits per heavy atom. The molecule has 0 bridgehead atoms. The van der Waals surface area contributed by atoms with Crippen LogP contribution in [0.15, 0.2) is 41.4 Å². The maximum Gasteiger partial charge on any atom is 0.269 e. The number of pyridine rings is 1. The predicted octanol–water partition coefficient (Wildman–Crippen LogP) is 5.11. The number of benzene rings is 2. The normalized spacial score (nSPS) is 10.9. The van der Waals surface area contributed by atoms with E-state index in [1.807, 2.05) is 13.8 Å². The molecule has 0 saturated carbocycles. The SMILES string of the molecule is Cc1cc(C)c2nc(SCC(=O)Nc3ccc([N+](=O)[O-])cc3C)c(C)cc2c1. The van der Waals surface area contributed by atoms with Crippen LogP contribution in [0.2, 0.25) is 0 Å². The first kappa shape index (κ1) is 19.8. The molecular weight excluding hydrogens is 374 g/mol. The highest BCUT2D eigenvalue weighted by Gasteiger charge is 2.12. The van der Waals surface area contributed by atoms with Crippen molar-refractivity contribution in [3.63, 3.8) is 0 Å². The lowest BCUT2D eigenvalue weighted by Gasteiger charge is -2.11. The molecular formula is C21H21N3O3S. The van der Waals surface area contributed by atoms with E-state index in [-0.39, 0.29) is 17.3 Å². The van der Waals surface area contributed by atoms with Crippen molar-refractivity contribution in [3.8, 4) is 0 Å². The fourth-order valence-corrected chi connectivity index (χ4v) is 3.89. The number of carbonyl (C=O) groups excluding carboxylic acids is 1. The second-order valence-corrected chi connectivity index (χ2v) is 7.82. The summed E-state index contributed by atoms with van der Waals surface area (Å²) in [4.78, 5) is 27.5. The number of nitrogens with zero attached hydrogens (tertiary/aromatic N) is 2. The second-order valence-electron chi connectivity index (χ2n) is 6.86. The lowest BCUT2D eigenvalue weighted by atomic mass is 10.1. The summed E-state index contributed by atoms with van der Waals surface area (Å²) in [6.45, 7) is 7.82. The highest BCUT2D eigenvalue weighted by atomic mass is 32.2. The number of amides is 1. The van der Waals surface area contributed by atoms with Crippen molar-refractivity contribution in [1.82, 2.24) is 4.98 Å². The fraction of sp³-hybridized carbons (Fsp3) is 0.238. The number of nitro groups is 1. The zero-order chi connectivity index (χ0) is 20.4. The zero-order valence-corrected chi connectivity index (χ0v) is 17.0. The number of fused-ring (bicyclic) bond motifs is 1. The van der Waals surface area contributed by atoms with Crippen molar-refractivity contribution in [2.24, 2.45) is 0 Å². The van der Waals surface area contributed by atoms with Crippen molar-refractivity contribution < 1.29 is 9.72 Å². The number of anilines is 1. The summed E-state index contributed by atoms with van der Waals surface area (Å²) in [5, 5.41) is 15.6. The molecule has 1 aromatic heterocycles.